The smallest absolute Gasteiger partial charge is 0.205 e. The number of hydrogen-bond donors (Lipinski definition) is 1. The van der Waals surface area contributed by atoms with Crippen molar-refractivity contribution >= 4 is 22.8 Å². The zero-order valence-corrected chi connectivity index (χ0v) is 12.6. The minimum atomic E-state index is -1.08. The van der Waals surface area contributed by atoms with Gasteiger partial charge in [-0.1, -0.05) is 18.2 Å². The van der Waals surface area contributed by atoms with Crippen LogP contribution in [0.5, 0.6) is 0 Å². The molecular formula is C16H19NO2S. The number of rotatable bonds is 6. The van der Waals surface area contributed by atoms with E-state index in [-0.39, 0.29) is 5.78 Å². The summed E-state index contributed by atoms with van der Waals surface area (Å²) in [5.41, 5.74) is 1.74. The van der Waals surface area contributed by atoms with E-state index in [9.17, 15) is 9.90 Å². The van der Waals surface area contributed by atoms with Gasteiger partial charge in [-0.05, 0) is 43.0 Å². The highest BCUT2D eigenvalue weighted by molar-refractivity contribution is 7.12. The molecule has 2 rings (SSSR count). The van der Waals surface area contributed by atoms with Gasteiger partial charge in [0.1, 0.15) is 6.10 Å². The summed E-state index contributed by atoms with van der Waals surface area (Å²) in [6, 6.07) is 11.1. The van der Waals surface area contributed by atoms with E-state index in [0.717, 1.165) is 18.8 Å². The molecule has 0 amide bonds. The van der Waals surface area contributed by atoms with Gasteiger partial charge in [-0.3, -0.25) is 4.79 Å². The van der Waals surface area contributed by atoms with Crippen molar-refractivity contribution in [1.29, 1.82) is 0 Å². The van der Waals surface area contributed by atoms with Crippen LogP contribution in [0.1, 0.15) is 35.2 Å². The molecule has 2 aromatic rings. The number of aliphatic hydroxyl groups excluding tert-OH is 1. The van der Waals surface area contributed by atoms with Crippen LogP contribution in [0.2, 0.25) is 0 Å². The molecule has 1 heterocycles. The van der Waals surface area contributed by atoms with Crippen molar-refractivity contribution in [2.24, 2.45) is 0 Å². The van der Waals surface area contributed by atoms with E-state index in [1.165, 1.54) is 11.3 Å². The molecule has 0 aliphatic heterocycles. The number of carbonyl (C=O) groups excluding carboxylic acids is 1. The molecule has 0 spiro atoms. The molecule has 20 heavy (non-hydrogen) atoms. The largest absolute Gasteiger partial charge is 0.380 e. The Morgan fingerprint density at radius 1 is 1.20 bits per heavy atom. The molecule has 0 saturated heterocycles. The second kappa shape index (κ2) is 6.68. The Kier molecular flexibility index (Phi) is 4.93. The van der Waals surface area contributed by atoms with Gasteiger partial charge in [0.2, 0.25) is 5.78 Å². The molecule has 0 fully saturated rings. The van der Waals surface area contributed by atoms with Crippen molar-refractivity contribution < 1.29 is 9.90 Å². The Bertz CT molecular complexity index is 544. The van der Waals surface area contributed by atoms with Crippen molar-refractivity contribution in [3.8, 4) is 0 Å². The van der Waals surface area contributed by atoms with E-state index in [4.69, 9.17) is 0 Å². The Balaban J connectivity index is 2.15. The molecule has 1 aromatic carbocycles. The Hall–Kier alpha value is -1.65. The van der Waals surface area contributed by atoms with Gasteiger partial charge >= 0.3 is 0 Å². The lowest BCUT2D eigenvalue weighted by Crippen LogP contribution is -2.21. The van der Waals surface area contributed by atoms with Crippen LogP contribution in [0.15, 0.2) is 41.8 Å². The van der Waals surface area contributed by atoms with E-state index in [1.54, 1.807) is 6.07 Å². The number of anilines is 1. The van der Waals surface area contributed by atoms with Crippen LogP contribution < -0.4 is 4.90 Å². The highest BCUT2D eigenvalue weighted by atomic mass is 32.1. The van der Waals surface area contributed by atoms with Gasteiger partial charge in [-0.15, -0.1) is 11.3 Å². The molecule has 1 unspecified atom stereocenters. The number of thiophene rings is 1. The van der Waals surface area contributed by atoms with Crippen LogP contribution in [0.3, 0.4) is 0 Å². The van der Waals surface area contributed by atoms with Crippen molar-refractivity contribution in [2.45, 2.75) is 20.0 Å². The molecule has 1 N–H and O–H groups in total. The summed E-state index contributed by atoms with van der Waals surface area (Å²) in [7, 11) is 0. The van der Waals surface area contributed by atoms with E-state index in [0.29, 0.717) is 10.4 Å². The number of Topliss-reactive ketones (excluding diaryl/α,β-unsaturated/α-hetero) is 1. The van der Waals surface area contributed by atoms with Crippen LogP contribution in [-0.2, 0) is 0 Å². The molecule has 3 nitrogen and oxygen atoms in total. The summed E-state index contributed by atoms with van der Waals surface area (Å²) in [6.45, 7) is 6.08. The average molecular weight is 289 g/mol. The quantitative estimate of drug-likeness (QED) is 0.827. The number of aliphatic hydroxyl groups is 1. The molecule has 4 heteroatoms. The summed E-state index contributed by atoms with van der Waals surface area (Å²) in [5.74, 6) is -0.240. The third-order valence-corrected chi connectivity index (χ3v) is 4.23. The Morgan fingerprint density at radius 2 is 1.85 bits per heavy atom. The first-order chi connectivity index (χ1) is 9.67. The summed E-state index contributed by atoms with van der Waals surface area (Å²) in [5, 5.41) is 12.0. The van der Waals surface area contributed by atoms with Gasteiger partial charge in [0, 0.05) is 18.8 Å². The summed E-state index contributed by atoms with van der Waals surface area (Å²) in [4.78, 5) is 14.9. The molecule has 0 aliphatic rings. The maximum Gasteiger partial charge on any atom is 0.205 e. The lowest BCUT2D eigenvalue weighted by atomic mass is 10.0. The third-order valence-electron chi connectivity index (χ3n) is 3.35. The van der Waals surface area contributed by atoms with E-state index in [1.807, 2.05) is 35.7 Å². The fraction of sp³-hybridized carbons (Fsp3) is 0.312. The molecule has 0 aliphatic carbocycles. The second-order valence-corrected chi connectivity index (χ2v) is 5.46. The molecule has 1 aromatic heterocycles. The van der Waals surface area contributed by atoms with Crippen LogP contribution in [0.25, 0.3) is 0 Å². The highest BCUT2D eigenvalue weighted by Crippen LogP contribution is 2.23. The Morgan fingerprint density at radius 3 is 2.35 bits per heavy atom. The first-order valence-electron chi connectivity index (χ1n) is 6.78. The monoisotopic (exact) mass is 289 g/mol. The van der Waals surface area contributed by atoms with Gasteiger partial charge in [0.15, 0.2) is 0 Å². The number of carbonyl (C=O) groups is 1. The molecular weight excluding hydrogens is 270 g/mol. The van der Waals surface area contributed by atoms with Crippen LogP contribution >= 0.6 is 11.3 Å². The minimum absolute atomic E-state index is 0.240. The predicted molar refractivity (Wildman–Crippen MR) is 83.6 cm³/mol. The van der Waals surface area contributed by atoms with Gasteiger partial charge in [-0.25, -0.2) is 0 Å². The second-order valence-electron chi connectivity index (χ2n) is 4.51. The molecule has 0 radical (unpaired) electrons. The molecule has 1 atom stereocenters. The van der Waals surface area contributed by atoms with Gasteiger partial charge in [-0.2, -0.15) is 0 Å². The van der Waals surface area contributed by atoms with Gasteiger partial charge < -0.3 is 10.0 Å². The average Bonchev–Trinajstić information content (AvgIpc) is 3.02. The first kappa shape index (κ1) is 14.8. The molecule has 106 valence electrons. The van der Waals surface area contributed by atoms with E-state index >= 15 is 0 Å². The number of nitrogens with zero attached hydrogens (tertiary/aromatic N) is 1. The number of benzene rings is 1. The number of hydrogen-bond acceptors (Lipinski definition) is 4. The van der Waals surface area contributed by atoms with Crippen molar-refractivity contribution in [3.63, 3.8) is 0 Å². The van der Waals surface area contributed by atoms with Crippen LogP contribution in [-0.4, -0.2) is 24.0 Å². The SMILES string of the molecule is CCN(CC)c1ccc(C(O)C(=O)c2cccs2)cc1. The van der Waals surface area contributed by atoms with Gasteiger partial charge in [0.25, 0.3) is 0 Å². The van der Waals surface area contributed by atoms with E-state index < -0.39 is 6.10 Å². The lowest BCUT2D eigenvalue weighted by Gasteiger charge is -2.21. The number of ketones is 1. The van der Waals surface area contributed by atoms with Crippen molar-refractivity contribution in [1.82, 2.24) is 0 Å². The summed E-state index contributed by atoms with van der Waals surface area (Å²) in [6.07, 6.45) is -1.08. The van der Waals surface area contributed by atoms with Crippen LogP contribution in [0.4, 0.5) is 5.69 Å². The standard InChI is InChI=1S/C16H19NO2S/c1-3-17(4-2)13-9-7-12(8-10-13)15(18)16(19)14-6-5-11-20-14/h5-11,15,18H,3-4H2,1-2H3. The van der Waals surface area contributed by atoms with Gasteiger partial charge in [0.05, 0.1) is 4.88 Å². The van der Waals surface area contributed by atoms with Crippen LogP contribution in [0, 0.1) is 0 Å². The predicted octanol–water partition coefficient (Wildman–Crippen LogP) is 3.51. The normalized spacial score (nSPS) is 12.2. The minimum Gasteiger partial charge on any atom is -0.380 e. The zero-order chi connectivity index (χ0) is 14.5. The third kappa shape index (κ3) is 3.08. The van der Waals surface area contributed by atoms with Crippen molar-refractivity contribution in [3.05, 3.63) is 52.2 Å². The fourth-order valence-corrected chi connectivity index (χ4v) is 2.85. The molecule has 0 saturated carbocycles. The Labute approximate surface area is 123 Å². The first-order valence-corrected chi connectivity index (χ1v) is 7.66. The topological polar surface area (TPSA) is 40.5 Å². The summed E-state index contributed by atoms with van der Waals surface area (Å²) >= 11 is 1.35. The molecule has 0 bridgehead atoms. The highest BCUT2D eigenvalue weighted by Gasteiger charge is 2.20. The van der Waals surface area contributed by atoms with E-state index in [2.05, 4.69) is 18.7 Å². The maximum atomic E-state index is 12.1. The lowest BCUT2D eigenvalue weighted by molar-refractivity contribution is 0.0752. The van der Waals surface area contributed by atoms with Crippen molar-refractivity contribution in [2.75, 3.05) is 18.0 Å². The maximum absolute atomic E-state index is 12.1. The fourth-order valence-electron chi connectivity index (χ4n) is 2.16. The summed E-state index contributed by atoms with van der Waals surface area (Å²) < 4.78 is 0. The zero-order valence-electron chi connectivity index (χ0n) is 11.7.